The summed E-state index contributed by atoms with van der Waals surface area (Å²) in [7, 11) is 0. The van der Waals surface area contributed by atoms with Gasteiger partial charge in [0.15, 0.2) is 0 Å². The van der Waals surface area contributed by atoms with E-state index in [9.17, 15) is 0 Å². The topological polar surface area (TPSA) is 37.4 Å². The van der Waals surface area contributed by atoms with Crippen LogP contribution in [0.25, 0.3) is 0 Å². The molecule has 4 aliphatic rings. The van der Waals surface area contributed by atoms with Gasteiger partial charge in [0.05, 0.1) is 20.0 Å². The van der Waals surface area contributed by atoms with Crippen molar-refractivity contribution in [2.24, 2.45) is 0 Å². The first-order chi connectivity index (χ1) is 5.23. The van der Waals surface area contributed by atoms with Gasteiger partial charge in [0.2, 0.25) is 0 Å². The Hall–Kier alpha value is -0.175. The summed E-state index contributed by atoms with van der Waals surface area (Å²) < 4.78 is 16.1. The van der Waals surface area contributed by atoms with E-state index in [1.54, 1.807) is 0 Å². The second kappa shape index (κ2) is 1.76. The Kier molecular flexibility index (Phi) is 1.02. The van der Waals surface area contributed by atoms with Crippen LogP contribution in [0.2, 0.25) is 6.82 Å². The van der Waals surface area contributed by atoms with E-state index in [-0.39, 0.29) is 0 Å². The molecule has 4 aliphatic heterocycles. The first-order valence-corrected chi connectivity index (χ1v) is 3.73. The average Bonchev–Trinajstić information content (AvgIpc) is 1.79. The summed E-state index contributed by atoms with van der Waals surface area (Å²) in [4.78, 5) is 0. The molecule has 62 valence electrons. The molecule has 0 radical (unpaired) electrons. The van der Waals surface area contributed by atoms with Crippen molar-refractivity contribution in [1.29, 1.82) is 0 Å². The summed E-state index contributed by atoms with van der Waals surface area (Å²) in [5, 5.41) is 5.49. The lowest BCUT2D eigenvalue weighted by atomic mass is 9.83. The van der Waals surface area contributed by atoms with Crippen molar-refractivity contribution in [3.63, 3.8) is 0 Å². The lowest BCUT2D eigenvalue weighted by Crippen LogP contribution is -2.74. The monoisotopic (exact) mass is 158 g/mol. The molecule has 4 bridgehead atoms. The van der Waals surface area contributed by atoms with Crippen molar-refractivity contribution in [1.82, 2.24) is 15.2 Å². The highest BCUT2D eigenvalue weighted by Crippen LogP contribution is 2.30. The molecule has 4 rings (SSSR count). The zero-order chi connectivity index (χ0) is 7.47. The van der Waals surface area contributed by atoms with Gasteiger partial charge < -0.3 is 14.3 Å². The van der Waals surface area contributed by atoms with E-state index in [1.807, 2.05) is 22.0 Å². The Morgan fingerprint density at radius 3 is 1.55 bits per heavy atom. The fraction of sp³-hybridized carbons (Fsp3) is 1.00. The molecule has 0 unspecified atom stereocenters. The van der Waals surface area contributed by atoms with Crippen LogP contribution in [0.3, 0.4) is 0 Å². The molecule has 0 aromatic heterocycles. The fourth-order valence-electron chi connectivity index (χ4n) is 1.73. The molecule has 7 heteroatoms. The summed E-state index contributed by atoms with van der Waals surface area (Å²) in [5.74, 6) is 0. The number of nitrogens with zero attached hydrogens (tertiary/aromatic N) is 3. The van der Waals surface area contributed by atoms with E-state index in [4.69, 9.17) is 14.3 Å². The normalized spacial score (nSPS) is 60.3. The van der Waals surface area contributed by atoms with Crippen LogP contribution < -0.4 is 0 Å². The van der Waals surface area contributed by atoms with Crippen LogP contribution in [0.5, 0.6) is 0 Å². The highest BCUT2D eigenvalue weighted by Gasteiger charge is 2.45. The zero-order valence-corrected chi connectivity index (χ0v) is 6.27. The molecule has 0 spiro atoms. The van der Waals surface area contributed by atoms with E-state index in [0.29, 0.717) is 20.0 Å². The Balaban J connectivity index is 1.94. The smallest absolute Gasteiger partial charge is 0.424 e. The minimum Gasteiger partial charge on any atom is -0.453 e. The van der Waals surface area contributed by atoms with Crippen molar-refractivity contribution in [3.05, 3.63) is 0 Å². The van der Waals surface area contributed by atoms with Gasteiger partial charge in [0.25, 0.3) is 0 Å². The lowest BCUT2D eigenvalue weighted by Gasteiger charge is -2.63. The highest BCUT2D eigenvalue weighted by atomic mass is 17.0. The van der Waals surface area contributed by atoms with Gasteiger partial charge in [-0.05, 0) is 0 Å². The van der Waals surface area contributed by atoms with Crippen LogP contribution in [0.1, 0.15) is 0 Å². The molecule has 0 aliphatic carbocycles. The van der Waals surface area contributed by atoms with Crippen LogP contribution in [-0.2, 0) is 14.3 Å². The first-order valence-electron chi connectivity index (χ1n) is 3.73. The van der Waals surface area contributed by atoms with Crippen LogP contribution in [0, 0.1) is 0 Å². The van der Waals surface area contributed by atoms with Gasteiger partial charge in [0, 0.05) is 0 Å². The SMILES string of the molecule is C[B-]12ON3CN(CN(C3)O1)O2. The third kappa shape index (κ3) is 0.836. The Morgan fingerprint density at radius 2 is 1.27 bits per heavy atom. The third-order valence-electron chi connectivity index (χ3n) is 1.97. The molecule has 4 fully saturated rings. The number of rotatable bonds is 0. The predicted molar refractivity (Wildman–Crippen MR) is 35.0 cm³/mol. The predicted octanol–water partition coefficient (Wildman–Crippen LogP) is -0.831. The fourth-order valence-corrected chi connectivity index (χ4v) is 1.73. The quantitative estimate of drug-likeness (QED) is 0.428. The maximum Gasteiger partial charge on any atom is 0.424 e. The summed E-state index contributed by atoms with van der Waals surface area (Å²) in [6.07, 6.45) is 0. The molecule has 4 heterocycles. The number of hydrogen-bond donors (Lipinski definition) is 0. The zero-order valence-electron chi connectivity index (χ0n) is 6.27. The van der Waals surface area contributed by atoms with Gasteiger partial charge in [-0.2, -0.15) is 15.2 Å². The molecule has 0 aromatic rings. The van der Waals surface area contributed by atoms with Crippen molar-refractivity contribution in [3.8, 4) is 0 Å². The molecule has 4 saturated heterocycles. The van der Waals surface area contributed by atoms with Gasteiger partial charge in [-0.3, -0.25) is 0 Å². The second-order valence-electron chi connectivity index (χ2n) is 3.18. The maximum atomic E-state index is 5.38. The van der Waals surface area contributed by atoms with Gasteiger partial charge in [-0.1, -0.05) is 0 Å². The maximum absolute atomic E-state index is 5.38. The van der Waals surface area contributed by atoms with Crippen molar-refractivity contribution < 1.29 is 14.3 Å². The number of hydroxylamine groups is 6. The van der Waals surface area contributed by atoms with Crippen LogP contribution in [0.4, 0.5) is 0 Å². The molecule has 0 atom stereocenters. The van der Waals surface area contributed by atoms with Crippen molar-refractivity contribution in [2.75, 3.05) is 20.0 Å². The van der Waals surface area contributed by atoms with Gasteiger partial charge >= 0.3 is 6.75 Å². The Morgan fingerprint density at radius 1 is 0.909 bits per heavy atom. The second-order valence-corrected chi connectivity index (χ2v) is 3.18. The third-order valence-corrected chi connectivity index (χ3v) is 1.97. The summed E-state index contributed by atoms with van der Waals surface area (Å²) in [6.45, 7) is 2.37. The summed E-state index contributed by atoms with van der Waals surface area (Å²) in [6, 6.07) is 0. The van der Waals surface area contributed by atoms with Gasteiger partial charge in [0.1, 0.15) is 0 Å². The molecule has 11 heavy (non-hydrogen) atoms. The van der Waals surface area contributed by atoms with E-state index in [2.05, 4.69) is 0 Å². The van der Waals surface area contributed by atoms with Gasteiger partial charge in [-0.25, -0.2) is 0 Å². The average molecular weight is 158 g/mol. The highest BCUT2D eigenvalue weighted by molar-refractivity contribution is 6.59. The van der Waals surface area contributed by atoms with E-state index < -0.39 is 6.75 Å². The molecule has 0 N–H and O–H groups in total. The van der Waals surface area contributed by atoms with Crippen LogP contribution >= 0.6 is 0 Å². The molecule has 0 aromatic carbocycles. The van der Waals surface area contributed by atoms with E-state index in [1.165, 1.54) is 0 Å². The Labute approximate surface area is 64.1 Å². The minimum absolute atomic E-state index is 0.706. The molecule has 6 nitrogen and oxygen atoms in total. The number of hydrogen-bond acceptors (Lipinski definition) is 6. The van der Waals surface area contributed by atoms with E-state index in [0.717, 1.165) is 0 Å². The van der Waals surface area contributed by atoms with Crippen LogP contribution in [0.15, 0.2) is 0 Å². The van der Waals surface area contributed by atoms with Crippen molar-refractivity contribution in [2.45, 2.75) is 6.82 Å². The van der Waals surface area contributed by atoms with Crippen molar-refractivity contribution >= 4 is 6.75 Å². The van der Waals surface area contributed by atoms with Gasteiger partial charge in [-0.15, -0.1) is 6.82 Å². The molecular weight excluding hydrogens is 149 g/mol. The lowest BCUT2D eigenvalue weighted by molar-refractivity contribution is -0.422. The Bertz CT molecular complexity index is 166. The molecule has 0 saturated carbocycles. The summed E-state index contributed by atoms with van der Waals surface area (Å²) >= 11 is 0. The summed E-state index contributed by atoms with van der Waals surface area (Å²) in [5.41, 5.74) is 0. The largest absolute Gasteiger partial charge is 0.453 e. The first kappa shape index (κ1) is 6.35. The van der Waals surface area contributed by atoms with E-state index >= 15 is 0 Å². The molecular formula is C4H9BN3O3-. The molecule has 0 amide bonds. The van der Waals surface area contributed by atoms with Crippen LogP contribution in [-0.4, -0.2) is 42.0 Å². The minimum atomic E-state index is -1.55. The standard InChI is InChI=1S/C4H9BN3O3/c1-5-9-6-2-7(10-5)4-8(3-6)11-5/h2-4H2,1H3/q-1.